The molecule has 0 aromatic heterocycles. The number of ether oxygens (including phenoxy) is 4. The minimum absolute atomic E-state index is 0.0879. The van der Waals surface area contributed by atoms with Crippen LogP contribution in [0.1, 0.15) is 98.8 Å². The van der Waals surface area contributed by atoms with Gasteiger partial charge in [0, 0.05) is 59.2 Å². The van der Waals surface area contributed by atoms with Gasteiger partial charge in [0.2, 0.25) is 0 Å². The molecule has 0 aromatic carbocycles. The molecule has 0 aromatic rings. The van der Waals surface area contributed by atoms with Crippen molar-refractivity contribution in [2.75, 3.05) is 46.8 Å². The molecule has 0 heterocycles. The lowest BCUT2D eigenvalue weighted by Crippen LogP contribution is -2.23. The van der Waals surface area contributed by atoms with E-state index in [1.165, 1.54) is 0 Å². The van der Waals surface area contributed by atoms with Crippen molar-refractivity contribution in [2.45, 2.75) is 104 Å². The average Bonchev–Trinajstić information content (AvgIpc) is 2.83. The molecule has 0 bridgehead atoms. The molecule has 0 rings (SSSR count). The van der Waals surface area contributed by atoms with Gasteiger partial charge in [0.15, 0.2) is 0 Å². The van der Waals surface area contributed by atoms with Gasteiger partial charge in [-0.05, 0) is 85.0 Å². The number of hydrogen-bond acceptors (Lipinski definition) is 10. The van der Waals surface area contributed by atoms with Gasteiger partial charge in [-0.3, -0.25) is 9.59 Å². The van der Waals surface area contributed by atoms with Gasteiger partial charge in [-0.1, -0.05) is 0 Å². The summed E-state index contributed by atoms with van der Waals surface area (Å²) in [6.07, 6.45) is 5.69. The highest BCUT2D eigenvalue weighted by Gasteiger charge is 2.21. The molecule has 0 radical (unpaired) electrons. The van der Waals surface area contributed by atoms with Crippen molar-refractivity contribution < 1.29 is 48.3 Å². The molecule has 2 unspecified atom stereocenters. The second-order valence-electron chi connectivity index (χ2n) is 10.6. The first-order chi connectivity index (χ1) is 18.4. The number of aliphatic hydroxyl groups excluding tert-OH is 2. The topological polar surface area (TPSA) is 146 Å². The van der Waals surface area contributed by atoms with Crippen LogP contribution in [0.15, 0.2) is 0 Å². The van der Waals surface area contributed by atoms with E-state index in [9.17, 15) is 19.2 Å². The number of rotatable bonds is 22. The predicted octanol–water partition coefficient (Wildman–Crippen LogP) is 3.82. The lowest BCUT2D eigenvalue weighted by atomic mass is 9.80. The number of Topliss-reactive ketones (excluding diaryl/α,β-unsaturated/α-hetero) is 2. The molecule has 0 aliphatic heterocycles. The van der Waals surface area contributed by atoms with Crippen molar-refractivity contribution in [3.63, 3.8) is 0 Å². The SMILES string of the molecule is CC(=O)CCC(CCO)C(CCO)CCC(C)=O.COCCCC(=O)OCCOCCCC(=O)OC(C)(C)C. The van der Waals surface area contributed by atoms with Crippen molar-refractivity contribution in [3.8, 4) is 0 Å². The van der Waals surface area contributed by atoms with Gasteiger partial charge >= 0.3 is 11.9 Å². The fraction of sp³-hybridized carbons (Fsp3) is 0.862. The summed E-state index contributed by atoms with van der Waals surface area (Å²) in [7, 11) is 1.59. The Labute approximate surface area is 235 Å². The van der Waals surface area contributed by atoms with E-state index in [4.69, 9.17) is 29.2 Å². The molecule has 2 atom stereocenters. The molecule has 10 heteroatoms. The molecule has 0 aliphatic carbocycles. The van der Waals surface area contributed by atoms with Crippen molar-refractivity contribution in [3.05, 3.63) is 0 Å². The van der Waals surface area contributed by atoms with Crippen LogP contribution in [-0.2, 0) is 38.1 Å². The summed E-state index contributed by atoms with van der Waals surface area (Å²) in [5.74, 6) is 0.246. The first-order valence-electron chi connectivity index (χ1n) is 14.0. The number of aliphatic hydroxyl groups is 2. The predicted molar refractivity (Wildman–Crippen MR) is 148 cm³/mol. The zero-order valence-corrected chi connectivity index (χ0v) is 25.1. The van der Waals surface area contributed by atoms with Crippen LogP contribution < -0.4 is 0 Å². The maximum atomic E-state index is 11.4. The van der Waals surface area contributed by atoms with Crippen LogP contribution in [0, 0.1) is 11.8 Å². The van der Waals surface area contributed by atoms with Crippen molar-refractivity contribution in [2.24, 2.45) is 11.8 Å². The van der Waals surface area contributed by atoms with Crippen molar-refractivity contribution in [1.82, 2.24) is 0 Å². The van der Waals surface area contributed by atoms with Crippen LogP contribution in [0.4, 0.5) is 0 Å². The quantitative estimate of drug-likeness (QED) is 0.147. The van der Waals surface area contributed by atoms with E-state index in [1.54, 1.807) is 21.0 Å². The Morgan fingerprint density at radius 2 is 1.15 bits per heavy atom. The van der Waals surface area contributed by atoms with Crippen molar-refractivity contribution >= 4 is 23.5 Å². The van der Waals surface area contributed by atoms with Gasteiger partial charge < -0.3 is 38.7 Å². The second kappa shape index (κ2) is 25.1. The minimum Gasteiger partial charge on any atom is -0.463 e. The molecule has 2 N–H and O–H groups in total. The average molecular weight is 563 g/mol. The standard InChI is InChI=1S/C15H28O6.C14H26O4/c1-15(2,3)21-14(17)8-6-10-19-11-12-20-13(16)7-5-9-18-4;1-11(17)3-5-13(7-9-15)14(8-10-16)6-4-12(2)18/h5-12H2,1-4H3;13-16H,3-10H2,1-2H3. The van der Waals surface area contributed by atoms with Crippen LogP contribution >= 0.6 is 0 Å². The zero-order chi connectivity index (χ0) is 30.1. The van der Waals surface area contributed by atoms with E-state index < -0.39 is 5.60 Å². The molecule has 0 saturated carbocycles. The van der Waals surface area contributed by atoms with Crippen LogP contribution in [-0.4, -0.2) is 86.1 Å². The maximum Gasteiger partial charge on any atom is 0.306 e. The lowest BCUT2D eigenvalue weighted by molar-refractivity contribution is -0.155. The third-order valence-corrected chi connectivity index (χ3v) is 5.71. The molecular formula is C29H54O10. The van der Waals surface area contributed by atoms with E-state index in [-0.39, 0.29) is 55.2 Å². The fourth-order valence-electron chi connectivity index (χ4n) is 3.80. The molecule has 230 valence electrons. The van der Waals surface area contributed by atoms with Gasteiger partial charge in [-0.25, -0.2) is 0 Å². The third kappa shape index (κ3) is 28.9. The Hall–Kier alpha value is -1.88. The summed E-state index contributed by atoms with van der Waals surface area (Å²) in [5, 5.41) is 18.2. The second-order valence-corrected chi connectivity index (χ2v) is 10.6. The number of esters is 2. The largest absolute Gasteiger partial charge is 0.463 e. The highest BCUT2D eigenvalue weighted by molar-refractivity contribution is 5.75. The van der Waals surface area contributed by atoms with E-state index in [1.807, 2.05) is 20.8 Å². The van der Waals surface area contributed by atoms with Gasteiger partial charge in [-0.15, -0.1) is 0 Å². The Bertz CT molecular complexity index is 631. The van der Waals surface area contributed by atoms with Crippen LogP contribution in [0.25, 0.3) is 0 Å². The molecule has 0 saturated heterocycles. The zero-order valence-electron chi connectivity index (χ0n) is 25.1. The van der Waals surface area contributed by atoms with Gasteiger partial charge in [0.05, 0.1) is 6.61 Å². The fourth-order valence-corrected chi connectivity index (χ4v) is 3.80. The van der Waals surface area contributed by atoms with Gasteiger partial charge in [0.1, 0.15) is 23.8 Å². The molecule has 0 fully saturated rings. The molecular weight excluding hydrogens is 508 g/mol. The molecule has 0 aliphatic rings. The Kier molecular flexibility index (Phi) is 25.3. The van der Waals surface area contributed by atoms with E-state index in [0.29, 0.717) is 71.2 Å². The van der Waals surface area contributed by atoms with E-state index >= 15 is 0 Å². The summed E-state index contributed by atoms with van der Waals surface area (Å²) < 4.78 is 20.3. The minimum atomic E-state index is -0.449. The normalized spacial score (nSPS) is 12.6. The summed E-state index contributed by atoms with van der Waals surface area (Å²) in [6, 6.07) is 0. The van der Waals surface area contributed by atoms with Gasteiger partial charge in [-0.2, -0.15) is 0 Å². The van der Waals surface area contributed by atoms with E-state index in [2.05, 4.69) is 0 Å². The summed E-state index contributed by atoms with van der Waals surface area (Å²) in [5.41, 5.74) is -0.449. The Morgan fingerprint density at radius 3 is 1.59 bits per heavy atom. The number of methoxy groups -OCH3 is 1. The van der Waals surface area contributed by atoms with Crippen LogP contribution in [0.5, 0.6) is 0 Å². The smallest absolute Gasteiger partial charge is 0.306 e. The first kappa shape index (κ1) is 39.3. The first-order valence-corrected chi connectivity index (χ1v) is 14.0. The Morgan fingerprint density at radius 1 is 0.667 bits per heavy atom. The number of carbonyl (C=O) groups excluding carboxylic acids is 4. The third-order valence-electron chi connectivity index (χ3n) is 5.71. The summed E-state index contributed by atoms with van der Waals surface area (Å²) in [6.45, 7) is 10.4. The number of carbonyl (C=O) groups is 4. The molecule has 0 amide bonds. The molecule has 0 spiro atoms. The molecule has 39 heavy (non-hydrogen) atoms. The summed E-state index contributed by atoms with van der Waals surface area (Å²) in [4.78, 5) is 44.7. The highest BCUT2D eigenvalue weighted by Crippen LogP contribution is 2.28. The number of hydrogen-bond donors (Lipinski definition) is 2. The van der Waals surface area contributed by atoms with Gasteiger partial charge in [0.25, 0.3) is 0 Å². The summed E-state index contributed by atoms with van der Waals surface area (Å²) >= 11 is 0. The maximum absolute atomic E-state index is 11.4. The lowest BCUT2D eigenvalue weighted by Gasteiger charge is -2.26. The Balaban J connectivity index is 0. The monoisotopic (exact) mass is 562 g/mol. The van der Waals surface area contributed by atoms with Crippen LogP contribution in [0.3, 0.4) is 0 Å². The van der Waals surface area contributed by atoms with Crippen molar-refractivity contribution in [1.29, 1.82) is 0 Å². The van der Waals surface area contributed by atoms with Crippen LogP contribution in [0.2, 0.25) is 0 Å². The number of ketones is 2. The molecule has 10 nitrogen and oxygen atoms in total. The highest BCUT2D eigenvalue weighted by atomic mass is 16.6. The van der Waals surface area contributed by atoms with E-state index in [0.717, 1.165) is 12.8 Å².